The van der Waals surface area contributed by atoms with Crippen molar-refractivity contribution in [2.45, 2.75) is 33.4 Å². The Labute approximate surface area is 118 Å². The molecule has 2 heterocycles. The number of rotatable bonds is 4. The third-order valence-corrected chi connectivity index (χ3v) is 3.05. The molecule has 20 heavy (non-hydrogen) atoms. The van der Waals surface area contributed by atoms with Gasteiger partial charge in [-0.1, -0.05) is 6.07 Å². The van der Waals surface area contributed by atoms with Gasteiger partial charge in [-0.25, -0.2) is 4.79 Å². The molecule has 2 N–H and O–H groups in total. The molecule has 0 bridgehead atoms. The second-order valence-corrected chi connectivity index (χ2v) is 4.74. The molecule has 2 amide bonds. The summed E-state index contributed by atoms with van der Waals surface area (Å²) in [6.45, 7) is 6.12. The van der Waals surface area contributed by atoms with E-state index in [1.807, 2.05) is 45.0 Å². The fourth-order valence-corrected chi connectivity index (χ4v) is 2.08. The number of urea groups is 1. The molecule has 0 aliphatic rings. The van der Waals surface area contributed by atoms with Crippen molar-refractivity contribution < 1.29 is 9.21 Å². The Kier molecular flexibility index (Phi) is 4.40. The van der Waals surface area contributed by atoms with Crippen LogP contribution in [0.3, 0.4) is 0 Å². The maximum atomic E-state index is 11.8. The van der Waals surface area contributed by atoms with Gasteiger partial charge in [-0.3, -0.25) is 4.98 Å². The lowest BCUT2D eigenvalue weighted by molar-refractivity contribution is 0.237. The fraction of sp³-hybridized carbons (Fsp3) is 0.333. The van der Waals surface area contributed by atoms with Crippen LogP contribution in [0.4, 0.5) is 4.79 Å². The van der Waals surface area contributed by atoms with Crippen LogP contribution in [0.2, 0.25) is 0 Å². The number of hydrogen-bond donors (Lipinski definition) is 2. The molecular formula is C15H19N3O2. The zero-order chi connectivity index (χ0) is 14.5. The van der Waals surface area contributed by atoms with Crippen LogP contribution in [-0.2, 0) is 6.54 Å². The van der Waals surface area contributed by atoms with Gasteiger partial charge in [0.25, 0.3) is 0 Å². The molecule has 0 fully saturated rings. The highest BCUT2D eigenvalue weighted by molar-refractivity contribution is 5.74. The first-order chi connectivity index (χ1) is 9.56. The molecule has 106 valence electrons. The van der Waals surface area contributed by atoms with Crippen LogP contribution >= 0.6 is 0 Å². The Morgan fingerprint density at radius 1 is 1.40 bits per heavy atom. The van der Waals surface area contributed by atoms with E-state index in [2.05, 4.69) is 15.6 Å². The standard InChI is InChI=1S/C15H19N3O2/c1-10-8-14(12(3)20-10)11(2)18-15(19)17-9-13-6-4-5-7-16-13/h4-8,11H,9H2,1-3H3,(H2,17,18,19). The van der Waals surface area contributed by atoms with Crippen LogP contribution < -0.4 is 10.6 Å². The predicted molar refractivity (Wildman–Crippen MR) is 76.2 cm³/mol. The summed E-state index contributed by atoms with van der Waals surface area (Å²) in [7, 11) is 0. The number of nitrogens with one attached hydrogen (secondary N) is 2. The van der Waals surface area contributed by atoms with E-state index in [1.54, 1.807) is 6.20 Å². The van der Waals surface area contributed by atoms with Crippen molar-refractivity contribution in [2.75, 3.05) is 0 Å². The van der Waals surface area contributed by atoms with E-state index in [0.29, 0.717) is 6.54 Å². The minimum absolute atomic E-state index is 0.101. The molecule has 2 rings (SSSR count). The monoisotopic (exact) mass is 273 g/mol. The number of furan rings is 1. The van der Waals surface area contributed by atoms with Gasteiger partial charge in [-0.05, 0) is 39.0 Å². The average Bonchev–Trinajstić information content (AvgIpc) is 2.77. The molecule has 0 spiro atoms. The third-order valence-electron chi connectivity index (χ3n) is 3.05. The van der Waals surface area contributed by atoms with E-state index in [4.69, 9.17) is 4.42 Å². The molecule has 0 aliphatic heterocycles. The van der Waals surface area contributed by atoms with Crippen LogP contribution in [0, 0.1) is 13.8 Å². The van der Waals surface area contributed by atoms with Crippen molar-refractivity contribution in [3.05, 3.63) is 53.2 Å². The van der Waals surface area contributed by atoms with Crippen LogP contribution in [0.25, 0.3) is 0 Å². The molecule has 0 saturated carbocycles. The summed E-state index contributed by atoms with van der Waals surface area (Å²) in [6.07, 6.45) is 1.70. The molecule has 5 nitrogen and oxygen atoms in total. The Balaban J connectivity index is 1.87. The highest BCUT2D eigenvalue weighted by atomic mass is 16.3. The van der Waals surface area contributed by atoms with Crippen LogP contribution in [-0.4, -0.2) is 11.0 Å². The molecule has 2 aromatic rings. The van der Waals surface area contributed by atoms with E-state index < -0.39 is 0 Å². The molecule has 0 aliphatic carbocycles. The Morgan fingerprint density at radius 3 is 2.80 bits per heavy atom. The Morgan fingerprint density at radius 2 is 2.20 bits per heavy atom. The Bertz CT molecular complexity index is 578. The largest absolute Gasteiger partial charge is 0.466 e. The summed E-state index contributed by atoms with van der Waals surface area (Å²) >= 11 is 0. The summed E-state index contributed by atoms with van der Waals surface area (Å²) in [6, 6.07) is 7.22. The minimum atomic E-state index is -0.221. The molecule has 0 aromatic carbocycles. The Hall–Kier alpha value is -2.30. The van der Waals surface area contributed by atoms with Crippen LogP contribution in [0.5, 0.6) is 0 Å². The van der Waals surface area contributed by atoms with Crippen molar-refractivity contribution in [2.24, 2.45) is 0 Å². The second kappa shape index (κ2) is 6.23. The lowest BCUT2D eigenvalue weighted by atomic mass is 10.1. The zero-order valence-electron chi connectivity index (χ0n) is 11.9. The van der Waals surface area contributed by atoms with Crippen molar-refractivity contribution >= 4 is 6.03 Å². The van der Waals surface area contributed by atoms with Crippen molar-refractivity contribution in [3.63, 3.8) is 0 Å². The lowest BCUT2D eigenvalue weighted by Crippen LogP contribution is -2.36. The molecule has 2 aromatic heterocycles. The molecule has 1 atom stereocenters. The summed E-state index contributed by atoms with van der Waals surface area (Å²) < 4.78 is 5.46. The maximum absolute atomic E-state index is 11.8. The molecule has 1 unspecified atom stereocenters. The van der Waals surface area contributed by atoms with Crippen LogP contribution in [0.1, 0.15) is 35.7 Å². The van der Waals surface area contributed by atoms with Gasteiger partial charge in [0, 0.05) is 11.8 Å². The first-order valence-corrected chi connectivity index (χ1v) is 6.57. The highest BCUT2D eigenvalue weighted by Gasteiger charge is 2.14. The minimum Gasteiger partial charge on any atom is -0.466 e. The topological polar surface area (TPSA) is 67.2 Å². The van der Waals surface area contributed by atoms with E-state index in [-0.39, 0.29) is 12.1 Å². The van der Waals surface area contributed by atoms with Gasteiger partial charge in [0.15, 0.2) is 0 Å². The maximum Gasteiger partial charge on any atom is 0.315 e. The van der Waals surface area contributed by atoms with E-state index in [1.165, 1.54) is 0 Å². The van der Waals surface area contributed by atoms with Crippen molar-refractivity contribution in [1.29, 1.82) is 0 Å². The van der Waals surface area contributed by atoms with Gasteiger partial charge in [0.1, 0.15) is 11.5 Å². The first-order valence-electron chi connectivity index (χ1n) is 6.57. The van der Waals surface area contributed by atoms with Gasteiger partial charge in [-0.2, -0.15) is 0 Å². The molecular weight excluding hydrogens is 254 g/mol. The summed E-state index contributed by atoms with van der Waals surface area (Å²) in [4.78, 5) is 16.0. The summed E-state index contributed by atoms with van der Waals surface area (Å²) in [5, 5.41) is 5.67. The average molecular weight is 273 g/mol. The number of pyridine rings is 1. The van der Waals surface area contributed by atoms with E-state index in [0.717, 1.165) is 22.8 Å². The van der Waals surface area contributed by atoms with Gasteiger partial charge >= 0.3 is 6.03 Å². The number of amides is 2. The van der Waals surface area contributed by atoms with Crippen LogP contribution in [0.15, 0.2) is 34.9 Å². The highest BCUT2D eigenvalue weighted by Crippen LogP contribution is 2.20. The normalized spacial score (nSPS) is 11.9. The fourth-order valence-electron chi connectivity index (χ4n) is 2.08. The lowest BCUT2D eigenvalue weighted by Gasteiger charge is -2.14. The van der Waals surface area contributed by atoms with Gasteiger partial charge in [0.05, 0.1) is 18.3 Å². The van der Waals surface area contributed by atoms with Gasteiger partial charge in [0.2, 0.25) is 0 Å². The smallest absolute Gasteiger partial charge is 0.315 e. The van der Waals surface area contributed by atoms with Crippen molar-refractivity contribution in [3.8, 4) is 0 Å². The number of hydrogen-bond acceptors (Lipinski definition) is 3. The summed E-state index contributed by atoms with van der Waals surface area (Å²) in [5.41, 5.74) is 1.82. The number of carbonyl (C=O) groups excluding carboxylic acids is 1. The van der Waals surface area contributed by atoms with Gasteiger partial charge in [-0.15, -0.1) is 0 Å². The number of aromatic nitrogens is 1. The van der Waals surface area contributed by atoms with E-state index >= 15 is 0 Å². The third kappa shape index (κ3) is 3.60. The number of carbonyl (C=O) groups is 1. The predicted octanol–water partition coefficient (Wildman–Crippen LogP) is 2.85. The van der Waals surface area contributed by atoms with Crippen molar-refractivity contribution in [1.82, 2.24) is 15.6 Å². The SMILES string of the molecule is Cc1cc(C(C)NC(=O)NCc2ccccn2)c(C)o1. The molecule has 0 saturated heterocycles. The molecule has 0 radical (unpaired) electrons. The van der Waals surface area contributed by atoms with E-state index in [9.17, 15) is 4.79 Å². The zero-order valence-corrected chi connectivity index (χ0v) is 11.9. The van der Waals surface area contributed by atoms with Gasteiger partial charge < -0.3 is 15.1 Å². The number of aryl methyl sites for hydroxylation is 2. The second-order valence-electron chi connectivity index (χ2n) is 4.74. The number of nitrogens with zero attached hydrogens (tertiary/aromatic N) is 1. The summed E-state index contributed by atoms with van der Waals surface area (Å²) in [5.74, 6) is 1.68. The first kappa shape index (κ1) is 14.1. The quantitative estimate of drug-likeness (QED) is 0.900. The molecule has 5 heteroatoms.